The highest BCUT2D eigenvalue weighted by Gasteiger charge is 2.50. The lowest BCUT2D eigenvalue weighted by Crippen LogP contribution is -2.41. The normalized spacial score (nSPS) is 21.8. The molecule has 0 bridgehead atoms. The lowest BCUT2D eigenvalue weighted by molar-refractivity contribution is 0.0890. The van der Waals surface area contributed by atoms with E-state index in [-0.39, 0.29) is 24.5 Å². The summed E-state index contributed by atoms with van der Waals surface area (Å²) in [4.78, 5) is 16.4. The molecule has 0 aromatic carbocycles. The second kappa shape index (κ2) is 5.91. The summed E-state index contributed by atoms with van der Waals surface area (Å²) in [5, 5.41) is 16.9. The average Bonchev–Trinajstić information content (AvgIpc) is 3.09. The molecule has 132 valence electrons. The molecule has 6 nitrogen and oxygen atoms in total. The third-order valence-electron chi connectivity index (χ3n) is 5.25. The molecule has 1 amide bonds. The number of nitrogens with one attached hydrogen (secondary N) is 1. The fourth-order valence-corrected chi connectivity index (χ4v) is 3.65. The number of rotatable bonds is 5. The second-order valence-corrected chi connectivity index (χ2v) is 7.28. The largest absolute Gasteiger partial charge is 0.394 e. The molecule has 3 atom stereocenters. The smallest absolute Gasteiger partial charge is 0.272 e. The molecule has 2 aliphatic carbocycles. The van der Waals surface area contributed by atoms with Crippen LogP contribution in [0.15, 0.2) is 18.3 Å². The molecule has 0 unspecified atom stereocenters. The Morgan fingerprint density at radius 3 is 2.92 bits per heavy atom. The van der Waals surface area contributed by atoms with Gasteiger partial charge in [0.05, 0.1) is 30.2 Å². The number of aromatic nitrogens is 3. The number of hydrogen-bond acceptors (Lipinski definition) is 4. The SMILES string of the molecule is CC(C)[C@@H](CO)NC(=O)c1nn(-c2ccc(F)nc2)c2c1C[C@H]1C[C@@H]21. The Labute approximate surface area is 145 Å². The van der Waals surface area contributed by atoms with Gasteiger partial charge in [-0.3, -0.25) is 4.79 Å². The van der Waals surface area contributed by atoms with Gasteiger partial charge >= 0.3 is 0 Å². The highest BCUT2D eigenvalue weighted by atomic mass is 19.1. The zero-order chi connectivity index (χ0) is 17.7. The van der Waals surface area contributed by atoms with Crippen molar-refractivity contribution in [1.82, 2.24) is 20.1 Å². The standard InChI is InChI=1S/C18H21FN4O2/c1-9(2)14(8-24)21-18(25)16-13-6-10-5-12(10)17(13)23(22-16)11-3-4-15(19)20-7-11/h3-4,7,9-10,12,14,24H,5-6,8H2,1-2H3,(H,21,25)/t10-,12-,14-/m1/s1. The van der Waals surface area contributed by atoms with Crippen LogP contribution in [0.25, 0.3) is 5.69 Å². The highest BCUT2D eigenvalue weighted by Crippen LogP contribution is 2.57. The lowest BCUT2D eigenvalue weighted by atomic mass is 10.0. The molecule has 0 spiro atoms. The molecular weight excluding hydrogens is 323 g/mol. The average molecular weight is 344 g/mol. The molecule has 0 aliphatic heterocycles. The molecule has 2 aromatic heterocycles. The van der Waals surface area contributed by atoms with E-state index in [1.165, 1.54) is 12.3 Å². The van der Waals surface area contributed by atoms with Crippen LogP contribution in [0, 0.1) is 17.8 Å². The summed E-state index contributed by atoms with van der Waals surface area (Å²) in [6, 6.07) is 2.61. The second-order valence-electron chi connectivity index (χ2n) is 7.28. The van der Waals surface area contributed by atoms with Crippen molar-refractivity contribution in [2.75, 3.05) is 6.61 Å². The van der Waals surface area contributed by atoms with Crippen LogP contribution < -0.4 is 5.32 Å². The molecule has 2 heterocycles. The van der Waals surface area contributed by atoms with Gasteiger partial charge in [-0.05, 0) is 36.8 Å². The van der Waals surface area contributed by atoms with Crippen molar-refractivity contribution >= 4 is 5.91 Å². The molecule has 2 aliphatic rings. The maximum absolute atomic E-state index is 13.1. The van der Waals surface area contributed by atoms with Crippen molar-refractivity contribution < 1.29 is 14.3 Å². The molecule has 4 rings (SSSR count). The third-order valence-corrected chi connectivity index (χ3v) is 5.25. The molecule has 7 heteroatoms. The van der Waals surface area contributed by atoms with E-state index >= 15 is 0 Å². The van der Waals surface area contributed by atoms with Gasteiger partial charge in [-0.2, -0.15) is 9.49 Å². The summed E-state index contributed by atoms with van der Waals surface area (Å²) in [7, 11) is 0. The van der Waals surface area contributed by atoms with E-state index in [4.69, 9.17) is 0 Å². The first kappa shape index (κ1) is 16.2. The first-order chi connectivity index (χ1) is 12.0. The van der Waals surface area contributed by atoms with Crippen LogP contribution in [0.5, 0.6) is 0 Å². The Hall–Kier alpha value is -2.28. The summed E-state index contributed by atoms with van der Waals surface area (Å²) in [5.41, 5.74) is 3.09. The molecule has 25 heavy (non-hydrogen) atoms. The Morgan fingerprint density at radius 1 is 1.48 bits per heavy atom. The number of aliphatic hydroxyl groups excluding tert-OH is 1. The molecule has 2 N–H and O–H groups in total. The molecule has 0 radical (unpaired) electrons. The topological polar surface area (TPSA) is 80.0 Å². The number of aliphatic hydroxyl groups is 1. The Morgan fingerprint density at radius 2 is 2.28 bits per heavy atom. The van der Waals surface area contributed by atoms with Crippen LogP contribution in [0.4, 0.5) is 4.39 Å². The van der Waals surface area contributed by atoms with E-state index in [9.17, 15) is 14.3 Å². The number of carbonyl (C=O) groups is 1. The van der Waals surface area contributed by atoms with Crippen molar-refractivity contribution in [2.24, 2.45) is 11.8 Å². The summed E-state index contributed by atoms with van der Waals surface area (Å²) in [6.45, 7) is 3.78. The monoisotopic (exact) mass is 344 g/mol. The van der Waals surface area contributed by atoms with Gasteiger partial charge in [0, 0.05) is 11.5 Å². The van der Waals surface area contributed by atoms with E-state index in [1.54, 1.807) is 10.7 Å². The van der Waals surface area contributed by atoms with Crippen LogP contribution in [-0.4, -0.2) is 38.4 Å². The summed E-state index contributed by atoms with van der Waals surface area (Å²) in [6.07, 6.45) is 3.40. The van der Waals surface area contributed by atoms with Crippen LogP contribution >= 0.6 is 0 Å². The maximum Gasteiger partial charge on any atom is 0.272 e. The number of nitrogens with zero attached hydrogens (tertiary/aromatic N) is 3. The summed E-state index contributed by atoms with van der Waals surface area (Å²) < 4.78 is 14.9. The molecular formula is C18H21FN4O2. The van der Waals surface area contributed by atoms with Crippen molar-refractivity contribution in [3.8, 4) is 5.69 Å². The zero-order valence-electron chi connectivity index (χ0n) is 14.2. The van der Waals surface area contributed by atoms with Crippen molar-refractivity contribution in [2.45, 2.75) is 38.6 Å². The van der Waals surface area contributed by atoms with Crippen molar-refractivity contribution in [3.05, 3.63) is 41.2 Å². The Bertz CT molecular complexity index is 815. The fourth-order valence-electron chi connectivity index (χ4n) is 3.65. The first-order valence-corrected chi connectivity index (χ1v) is 8.65. The first-order valence-electron chi connectivity index (χ1n) is 8.65. The van der Waals surface area contributed by atoms with Gasteiger partial charge < -0.3 is 10.4 Å². The van der Waals surface area contributed by atoms with E-state index in [0.717, 1.165) is 24.1 Å². The number of hydrogen-bond donors (Lipinski definition) is 2. The zero-order valence-corrected chi connectivity index (χ0v) is 14.2. The Kier molecular flexibility index (Phi) is 3.83. The minimum atomic E-state index is -0.544. The van der Waals surface area contributed by atoms with E-state index in [2.05, 4.69) is 15.4 Å². The van der Waals surface area contributed by atoms with Gasteiger partial charge in [0.15, 0.2) is 5.69 Å². The third kappa shape index (κ3) is 2.72. The van der Waals surface area contributed by atoms with Gasteiger partial charge in [0.1, 0.15) is 0 Å². The van der Waals surface area contributed by atoms with Gasteiger partial charge in [-0.25, -0.2) is 9.67 Å². The van der Waals surface area contributed by atoms with Crippen LogP contribution in [0.3, 0.4) is 0 Å². The Balaban J connectivity index is 1.70. The number of halogens is 1. The number of amides is 1. The molecule has 2 aromatic rings. The van der Waals surface area contributed by atoms with Crippen molar-refractivity contribution in [3.63, 3.8) is 0 Å². The minimum absolute atomic E-state index is 0.112. The van der Waals surface area contributed by atoms with Gasteiger partial charge in [-0.15, -0.1) is 0 Å². The van der Waals surface area contributed by atoms with Gasteiger partial charge in [0.25, 0.3) is 5.91 Å². The van der Waals surface area contributed by atoms with E-state index in [1.807, 2.05) is 13.8 Å². The fraction of sp³-hybridized carbons (Fsp3) is 0.500. The number of pyridine rings is 1. The lowest BCUT2D eigenvalue weighted by Gasteiger charge is -2.19. The minimum Gasteiger partial charge on any atom is -0.394 e. The van der Waals surface area contributed by atoms with Crippen molar-refractivity contribution in [1.29, 1.82) is 0 Å². The molecule has 0 saturated heterocycles. The summed E-state index contributed by atoms with van der Waals surface area (Å²) in [5.74, 6) is 0.321. The van der Waals surface area contributed by atoms with Crippen LogP contribution in [0.2, 0.25) is 0 Å². The summed E-state index contributed by atoms with van der Waals surface area (Å²) >= 11 is 0. The predicted octanol–water partition coefficient (Wildman–Crippen LogP) is 1.81. The van der Waals surface area contributed by atoms with Gasteiger partial charge in [-0.1, -0.05) is 13.8 Å². The molecule has 1 fully saturated rings. The van der Waals surface area contributed by atoms with E-state index < -0.39 is 5.95 Å². The number of carbonyl (C=O) groups excluding carboxylic acids is 1. The highest BCUT2D eigenvalue weighted by molar-refractivity contribution is 5.94. The van der Waals surface area contributed by atoms with Crippen LogP contribution in [-0.2, 0) is 6.42 Å². The molecule has 1 saturated carbocycles. The van der Waals surface area contributed by atoms with E-state index in [0.29, 0.717) is 23.2 Å². The predicted molar refractivity (Wildman–Crippen MR) is 89.0 cm³/mol. The van der Waals surface area contributed by atoms with Gasteiger partial charge in [0.2, 0.25) is 5.95 Å². The quantitative estimate of drug-likeness (QED) is 0.811. The van der Waals surface area contributed by atoms with Crippen LogP contribution in [0.1, 0.15) is 47.9 Å². The number of fused-ring (bicyclic) bond motifs is 3. The maximum atomic E-state index is 13.1.